The molecule has 0 spiro atoms. The van der Waals surface area contributed by atoms with Crippen LogP contribution in [0.3, 0.4) is 0 Å². The molecule has 0 saturated carbocycles. The summed E-state index contributed by atoms with van der Waals surface area (Å²) in [6.45, 7) is 2.32. The topological polar surface area (TPSA) is 73.3 Å². The minimum atomic E-state index is -0.260. The third-order valence-corrected chi connectivity index (χ3v) is 3.26. The zero-order valence-corrected chi connectivity index (χ0v) is 13.2. The summed E-state index contributed by atoms with van der Waals surface area (Å²) in [6, 6.07) is 12.6. The number of aromatic nitrogens is 2. The molecule has 0 aliphatic heterocycles. The van der Waals surface area contributed by atoms with Gasteiger partial charge < -0.3 is 14.8 Å². The minimum absolute atomic E-state index is 0.109. The smallest absolute Gasteiger partial charge is 0.262 e. The van der Waals surface area contributed by atoms with E-state index >= 15 is 0 Å². The van der Waals surface area contributed by atoms with Gasteiger partial charge in [0.15, 0.2) is 18.1 Å². The number of hydrogen-bond acceptors (Lipinski definition) is 5. The Morgan fingerprint density at radius 3 is 2.46 bits per heavy atom. The standard InChI is InChI=1S/C18H17N3O3/c1-2-23-16-5-3-4-6-17(16)24-12-18(22)21-13-7-8-14-15(11-13)20-10-9-19-14/h3-11H,2,12H2,1H3,(H,21,22). The number of rotatable bonds is 6. The van der Waals surface area contributed by atoms with Gasteiger partial charge in [0.1, 0.15) is 0 Å². The zero-order valence-electron chi connectivity index (χ0n) is 13.2. The average molecular weight is 323 g/mol. The highest BCUT2D eigenvalue weighted by Crippen LogP contribution is 2.26. The number of anilines is 1. The van der Waals surface area contributed by atoms with Gasteiger partial charge in [0.25, 0.3) is 5.91 Å². The molecule has 1 aromatic heterocycles. The van der Waals surface area contributed by atoms with Crippen molar-refractivity contribution in [2.24, 2.45) is 0 Å². The number of nitrogens with one attached hydrogen (secondary N) is 1. The van der Waals surface area contributed by atoms with E-state index in [2.05, 4.69) is 15.3 Å². The lowest BCUT2D eigenvalue weighted by molar-refractivity contribution is -0.118. The number of amides is 1. The highest BCUT2D eigenvalue weighted by molar-refractivity contribution is 5.93. The highest BCUT2D eigenvalue weighted by atomic mass is 16.5. The van der Waals surface area contributed by atoms with E-state index < -0.39 is 0 Å². The van der Waals surface area contributed by atoms with Crippen molar-refractivity contribution in [3.8, 4) is 11.5 Å². The van der Waals surface area contributed by atoms with Crippen molar-refractivity contribution in [1.29, 1.82) is 0 Å². The SMILES string of the molecule is CCOc1ccccc1OCC(=O)Nc1ccc2nccnc2c1. The van der Waals surface area contributed by atoms with Gasteiger partial charge in [-0.15, -0.1) is 0 Å². The van der Waals surface area contributed by atoms with E-state index in [0.29, 0.717) is 23.8 Å². The number of para-hydroxylation sites is 2. The lowest BCUT2D eigenvalue weighted by atomic mass is 10.2. The summed E-state index contributed by atoms with van der Waals surface area (Å²) >= 11 is 0. The summed E-state index contributed by atoms with van der Waals surface area (Å²) in [6.07, 6.45) is 3.24. The number of nitrogens with zero attached hydrogens (tertiary/aromatic N) is 2. The third kappa shape index (κ3) is 3.78. The predicted octanol–water partition coefficient (Wildman–Crippen LogP) is 3.05. The number of hydrogen-bond donors (Lipinski definition) is 1. The molecular formula is C18H17N3O3. The fourth-order valence-corrected chi connectivity index (χ4v) is 2.23. The Bertz CT molecular complexity index is 852. The van der Waals surface area contributed by atoms with E-state index in [1.165, 1.54) is 0 Å². The Morgan fingerprint density at radius 2 is 1.71 bits per heavy atom. The molecule has 0 radical (unpaired) electrons. The van der Waals surface area contributed by atoms with Crippen LogP contribution in [0.1, 0.15) is 6.92 Å². The molecule has 0 bridgehead atoms. The molecule has 1 heterocycles. The second kappa shape index (κ2) is 7.41. The molecule has 3 rings (SSSR count). The van der Waals surface area contributed by atoms with Crippen LogP contribution >= 0.6 is 0 Å². The van der Waals surface area contributed by atoms with Crippen molar-refractivity contribution in [2.45, 2.75) is 6.92 Å². The summed E-state index contributed by atoms with van der Waals surface area (Å²) in [5.74, 6) is 0.900. The van der Waals surface area contributed by atoms with Crippen molar-refractivity contribution >= 4 is 22.6 Å². The van der Waals surface area contributed by atoms with Crippen LogP contribution in [0.25, 0.3) is 11.0 Å². The van der Waals surface area contributed by atoms with Gasteiger partial charge in [-0.3, -0.25) is 14.8 Å². The molecule has 2 aromatic carbocycles. The van der Waals surface area contributed by atoms with Gasteiger partial charge in [0.2, 0.25) is 0 Å². The molecule has 0 atom stereocenters. The maximum absolute atomic E-state index is 12.1. The summed E-state index contributed by atoms with van der Waals surface area (Å²) < 4.78 is 11.0. The number of carbonyl (C=O) groups excluding carboxylic acids is 1. The Labute approximate surface area is 139 Å². The summed E-state index contributed by atoms with van der Waals surface area (Å²) in [5.41, 5.74) is 2.14. The Kier molecular flexibility index (Phi) is 4.86. The van der Waals surface area contributed by atoms with E-state index in [9.17, 15) is 4.79 Å². The van der Waals surface area contributed by atoms with Gasteiger partial charge in [-0.05, 0) is 37.3 Å². The van der Waals surface area contributed by atoms with Gasteiger partial charge in [0.05, 0.1) is 17.6 Å². The number of fused-ring (bicyclic) bond motifs is 1. The maximum Gasteiger partial charge on any atom is 0.262 e. The van der Waals surface area contributed by atoms with E-state index in [4.69, 9.17) is 9.47 Å². The Hall–Kier alpha value is -3.15. The summed E-state index contributed by atoms with van der Waals surface area (Å²) in [5, 5.41) is 2.78. The van der Waals surface area contributed by atoms with Crippen molar-refractivity contribution in [3.05, 3.63) is 54.9 Å². The van der Waals surface area contributed by atoms with E-state index in [0.717, 1.165) is 11.0 Å². The zero-order chi connectivity index (χ0) is 16.8. The lowest BCUT2D eigenvalue weighted by Crippen LogP contribution is -2.20. The molecule has 6 nitrogen and oxygen atoms in total. The molecule has 0 saturated heterocycles. The number of benzene rings is 2. The fraction of sp³-hybridized carbons (Fsp3) is 0.167. The highest BCUT2D eigenvalue weighted by Gasteiger charge is 2.08. The monoisotopic (exact) mass is 323 g/mol. The van der Waals surface area contributed by atoms with E-state index in [1.807, 2.05) is 25.1 Å². The molecule has 1 N–H and O–H groups in total. The lowest BCUT2D eigenvalue weighted by Gasteiger charge is -2.11. The third-order valence-electron chi connectivity index (χ3n) is 3.26. The maximum atomic E-state index is 12.1. The van der Waals surface area contributed by atoms with Crippen LogP contribution in [-0.2, 0) is 4.79 Å². The van der Waals surface area contributed by atoms with Crippen LogP contribution in [-0.4, -0.2) is 29.1 Å². The van der Waals surface area contributed by atoms with Gasteiger partial charge >= 0.3 is 0 Å². The van der Waals surface area contributed by atoms with Crippen LogP contribution < -0.4 is 14.8 Å². The molecule has 0 aliphatic rings. The van der Waals surface area contributed by atoms with Crippen LogP contribution in [0.15, 0.2) is 54.9 Å². The first kappa shape index (κ1) is 15.7. The molecule has 122 valence electrons. The predicted molar refractivity (Wildman–Crippen MR) is 91.3 cm³/mol. The van der Waals surface area contributed by atoms with Crippen LogP contribution in [0.5, 0.6) is 11.5 Å². The van der Waals surface area contributed by atoms with Crippen molar-refractivity contribution in [1.82, 2.24) is 9.97 Å². The first-order chi connectivity index (χ1) is 11.8. The van der Waals surface area contributed by atoms with E-state index in [-0.39, 0.29) is 12.5 Å². The normalized spacial score (nSPS) is 10.4. The first-order valence-electron chi connectivity index (χ1n) is 7.61. The second-order valence-corrected chi connectivity index (χ2v) is 4.98. The molecule has 1 amide bonds. The van der Waals surface area contributed by atoms with Gasteiger partial charge in [-0.25, -0.2) is 0 Å². The molecule has 0 fully saturated rings. The van der Waals surface area contributed by atoms with Crippen molar-refractivity contribution < 1.29 is 14.3 Å². The minimum Gasteiger partial charge on any atom is -0.490 e. The molecule has 0 unspecified atom stereocenters. The van der Waals surface area contributed by atoms with Crippen LogP contribution in [0.2, 0.25) is 0 Å². The Morgan fingerprint density at radius 1 is 1.00 bits per heavy atom. The Balaban J connectivity index is 1.63. The second-order valence-electron chi connectivity index (χ2n) is 4.98. The number of carbonyl (C=O) groups is 1. The van der Waals surface area contributed by atoms with Crippen LogP contribution in [0.4, 0.5) is 5.69 Å². The van der Waals surface area contributed by atoms with Crippen LogP contribution in [0, 0.1) is 0 Å². The van der Waals surface area contributed by atoms with Crippen molar-refractivity contribution in [3.63, 3.8) is 0 Å². The first-order valence-corrected chi connectivity index (χ1v) is 7.61. The molecule has 6 heteroatoms. The molecule has 0 aliphatic carbocycles. The van der Waals surface area contributed by atoms with Gasteiger partial charge in [-0.1, -0.05) is 12.1 Å². The molecular weight excluding hydrogens is 306 g/mol. The van der Waals surface area contributed by atoms with E-state index in [1.54, 1.807) is 36.7 Å². The van der Waals surface area contributed by atoms with Gasteiger partial charge in [0, 0.05) is 18.1 Å². The molecule has 3 aromatic rings. The average Bonchev–Trinajstić information content (AvgIpc) is 2.61. The summed E-state index contributed by atoms with van der Waals surface area (Å²) in [4.78, 5) is 20.5. The fourth-order valence-electron chi connectivity index (χ4n) is 2.23. The summed E-state index contributed by atoms with van der Waals surface area (Å²) in [7, 11) is 0. The largest absolute Gasteiger partial charge is 0.490 e. The molecule has 24 heavy (non-hydrogen) atoms. The van der Waals surface area contributed by atoms with Crippen molar-refractivity contribution in [2.75, 3.05) is 18.5 Å². The van der Waals surface area contributed by atoms with Gasteiger partial charge in [-0.2, -0.15) is 0 Å². The number of ether oxygens (including phenoxy) is 2. The quantitative estimate of drug-likeness (QED) is 0.755.